The van der Waals surface area contributed by atoms with Crippen molar-refractivity contribution in [3.63, 3.8) is 0 Å². The highest BCUT2D eigenvalue weighted by Crippen LogP contribution is 2.55. The molecular weight excluding hydrogens is 592 g/mol. The zero-order valence-electron chi connectivity index (χ0n) is 23.9. The van der Waals surface area contributed by atoms with Crippen molar-refractivity contribution in [3.8, 4) is 11.8 Å². The Hall–Kier alpha value is -3.95. The van der Waals surface area contributed by atoms with Gasteiger partial charge in [0.05, 0.1) is 29.3 Å². The fourth-order valence-electron chi connectivity index (χ4n) is 5.98. The van der Waals surface area contributed by atoms with E-state index >= 15 is 4.79 Å². The largest absolute Gasteiger partial charge is 0.496 e. The van der Waals surface area contributed by atoms with Crippen molar-refractivity contribution in [1.29, 1.82) is 5.26 Å². The molecule has 1 unspecified atom stereocenters. The Bertz CT molecular complexity index is 1740. The minimum absolute atomic E-state index is 0.0579. The molecule has 0 saturated carbocycles. The molecule has 3 aromatic carbocycles. The van der Waals surface area contributed by atoms with Crippen LogP contribution in [-0.4, -0.2) is 56.0 Å². The minimum Gasteiger partial charge on any atom is -0.496 e. The molecule has 0 radical (unpaired) electrons. The molecule has 2 N–H and O–H groups in total. The van der Waals surface area contributed by atoms with E-state index in [0.717, 1.165) is 9.87 Å². The van der Waals surface area contributed by atoms with Crippen molar-refractivity contribution in [2.75, 3.05) is 18.0 Å². The zero-order valence-corrected chi connectivity index (χ0v) is 25.4. The van der Waals surface area contributed by atoms with E-state index in [9.17, 15) is 23.6 Å². The van der Waals surface area contributed by atoms with Gasteiger partial charge >= 0.3 is 5.97 Å². The molecule has 1 amide bonds. The van der Waals surface area contributed by atoms with Gasteiger partial charge in [-0.15, -0.1) is 0 Å². The van der Waals surface area contributed by atoms with Gasteiger partial charge in [0, 0.05) is 35.3 Å². The van der Waals surface area contributed by atoms with Gasteiger partial charge in [-0.2, -0.15) is 5.26 Å². The number of ether oxygens (including phenoxy) is 1. The predicted molar refractivity (Wildman–Crippen MR) is 160 cm³/mol. The number of carbonyl (C=O) groups is 2. The molecule has 0 spiro atoms. The summed E-state index contributed by atoms with van der Waals surface area (Å²) in [4.78, 5) is 29.1. The second-order valence-corrected chi connectivity index (χ2v) is 13.1. The second kappa shape index (κ2) is 11.6. The SMILES string of the molecule is COc1ccc(CNC(C)C)cc1C1(N2CCC[C@H]2C(=O)O)C(=O)N(S(=O)(=O)c2ccc(C#N)cc2)c2ccc(Cl)cc21. The maximum absolute atomic E-state index is 15.1. The summed E-state index contributed by atoms with van der Waals surface area (Å²) < 4.78 is 35.0. The highest BCUT2D eigenvalue weighted by Gasteiger charge is 2.63. The molecule has 0 aromatic heterocycles. The number of anilines is 1. The van der Waals surface area contributed by atoms with E-state index in [4.69, 9.17) is 16.3 Å². The number of nitrogens with zero attached hydrogens (tertiary/aromatic N) is 3. The quantitative estimate of drug-likeness (QED) is 0.358. The van der Waals surface area contributed by atoms with Crippen LogP contribution in [0, 0.1) is 11.3 Å². The van der Waals surface area contributed by atoms with Crippen molar-refractivity contribution < 1.29 is 27.9 Å². The van der Waals surface area contributed by atoms with Crippen molar-refractivity contribution in [2.24, 2.45) is 0 Å². The fraction of sp³-hybridized carbons (Fsp3) is 0.323. The molecule has 1 saturated heterocycles. The van der Waals surface area contributed by atoms with Crippen molar-refractivity contribution in [2.45, 2.75) is 55.8 Å². The first-order valence-corrected chi connectivity index (χ1v) is 15.6. The van der Waals surface area contributed by atoms with Gasteiger partial charge in [-0.25, -0.2) is 12.7 Å². The summed E-state index contributed by atoms with van der Waals surface area (Å²) >= 11 is 6.51. The Morgan fingerprint density at radius 2 is 1.88 bits per heavy atom. The number of likely N-dealkylation sites (tertiary alicyclic amines) is 1. The molecule has 224 valence electrons. The Morgan fingerprint density at radius 3 is 2.51 bits per heavy atom. The molecule has 12 heteroatoms. The lowest BCUT2D eigenvalue weighted by Gasteiger charge is -2.41. The van der Waals surface area contributed by atoms with Gasteiger partial charge in [0.2, 0.25) is 0 Å². The summed E-state index contributed by atoms with van der Waals surface area (Å²) in [6, 6.07) is 16.1. The summed E-state index contributed by atoms with van der Waals surface area (Å²) in [6.07, 6.45) is 0.737. The fourth-order valence-corrected chi connectivity index (χ4v) is 7.61. The predicted octanol–water partition coefficient (Wildman–Crippen LogP) is 4.25. The van der Waals surface area contributed by atoms with Gasteiger partial charge in [-0.05, 0) is 73.0 Å². The number of nitrogens with one attached hydrogen (secondary N) is 1. The first-order chi connectivity index (χ1) is 20.5. The van der Waals surface area contributed by atoms with Crippen LogP contribution in [0.2, 0.25) is 5.02 Å². The summed E-state index contributed by atoms with van der Waals surface area (Å²) in [5.74, 6) is -1.70. The lowest BCUT2D eigenvalue weighted by atomic mass is 9.80. The summed E-state index contributed by atoms with van der Waals surface area (Å²) in [7, 11) is -3.09. The Labute approximate surface area is 255 Å². The van der Waals surface area contributed by atoms with Crippen LogP contribution in [0.25, 0.3) is 0 Å². The van der Waals surface area contributed by atoms with Crippen LogP contribution in [0.3, 0.4) is 0 Å². The number of aliphatic carboxylic acids is 1. The summed E-state index contributed by atoms with van der Waals surface area (Å²) in [6.45, 7) is 4.64. The number of carboxylic acids is 1. The lowest BCUT2D eigenvalue weighted by molar-refractivity contribution is -0.145. The normalized spacial score (nSPS) is 20.3. The molecule has 10 nitrogen and oxygen atoms in total. The van der Waals surface area contributed by atoms with Crippen LogP contribution < -0.4 is 14.4 Å². The number of carbonyl (C=O) groups excluding carboxylic acids is 1. The van der Waals surface area contributed by atoms with Crippen molar-refractivity contribution in [3.05, 3.63) is 87.9 Å². The van der Waals surface area contributed by atoms with Gasteiger partial charge in [0.1, 0.15) is 11.8 Å². The van der Waals surface area contributed by atoms with Gasteiger partial charge in [0.25, 0.3) is 15.9 Å². The number of benzene rings is 3. The van der Waals surface area contributed by atoms with E-state index in [1.807, 2.05) is 26.0 Å². The van der Waals surface area contributed by atoms with Crippen molar-refractivity contribution >= 4 is 39.2 Å². The van der Waals surface area contributed by atoms with Gasteiger partial charge in [0.15, 0.2) is 5.54 Å². The lowest BCUT2D eigenvalue weighted by Crippen LogP contribution is -2.58. The number of hydrogen-bond donors (Lipinski definition) is 2. The number of amides is 1. The topological polar surface area (TPSA) is 140 Å². The number of rotatable bonds is 9. The summed E-state index contributed by atoms with van der Waals surface area (Å²) in [5, 5.41) is 23.1. The molecule has 2 atom stereocenters. The molecule has 2 aliphatic heterocycles. The third kappa shape index (κ3) is 5.04. The number of hydrogen-bond acceptors (Lipinski definition) is 8. The Morgan fingerprint density at radius 1 is 1.16 bits per heavy atom. The highest BCUT2D eigenvalue weighted by molar-refractivity contribution is 7.93. The molecule has 2 aliphatic rings. The van der Waals surface area contributed by atoms with E-state index < -0.39 is 33.5 Å². The smallest absolute Gasteiger partial charge is 0.320 e. The maximum Gasteiger partial charge on any atom is 0.320 e. The molecule has 0 aliphatic carbocycles. The van der Waals surface area contributed by atoms with Crippen LogP contribution in [0.1, 0.15) is 48.9 Å². The van der Waals surface area contributed by atoms with E-state index in [0.29, 0.717) is 24.3 Å². The number of halogens is 1. The van der Waals surface area contributed by atoms with Gasteiger partial charge in [-0.1, -0.05) is 31.5 Å². The highest BCUT2D eigenvalue weighted by atomic mass is 35.5. The van der Waals surface area contributed by atoms with Crippen LogP contribution >= 0.6 is 11.6 Å². The summed E-state index contributed by atoms with van der Waals surface area (Å²) in [5.41, 5.74) is -0.244. The second-order valence-electron chi connectivity index (χ2n) is 10.8. The number of methoxy groups -OCH3 is 1. The van der Waals surface area contributed by atoms with E-state index in [2.05, 4.69) is 5.32 Å². The van der Waals surface area contributed by atoms with Crippen LogP contribution in [-0.2, 0) is 31.7 Å². The van der Waals surface area contributed by atoms with E-state index in [-0.39, 0.29) is 45.7 Å². The van der Waals surface area contributed by atoms with Crippen LogP contribution in [0.15, 0.2) is 65.6 Å². The van der Waals surface area contributed by atoms with Crippen LogP contribution in [0.4, 0.5) is 5.69 Å². The molecule has 2 heterocycles. The zero-order chi connectivity index (χ0) is 31.1. The number of nitriles is 1. The van der Waals surface area contributed by atoms with Crippen molar-refractivity contribution in [1.82, 2.24) is 10.2 Å². The average molecular weight is 623 g/mol. The van der Waals surface area contributed by atoms with Gasteiger partial charge in [-0.3, -0.25) is 14.5 Å². The molecular formula is C31H31ClN4O6S. The van der Waals surface area contributed by atoms with Crippen LogP contribution in [0.5, 0.6) is 5.75 Å². The number of fused-ring (bicyclic) bond motifs is 1. The number of carboxylic acid groups (broad SMARTS) is 1. The minimum atomic E-state index is -4.53. The third-order valence-corrected chi connectivity index (χ3v) is 9.87. The molecule has 0 bridgehead atoms. The monoisotopic (exact) mass is 622 g/mol. The van der Waals surface area contributed by atoms with E-state index in [1.54, 1.807) is 17.0 Å². The Balaban J connectivity index is 1.84. The Kier molecular flexibility index (Phi) is 8.24. The number of sulfonamides is 1. The maximum atomic E-state index is 15.1. The van der Waals surface area contributed by atoms with E-state index in [1.165, 1.54) is 49.6 Å². The first kappa shape index (κ1) is 30.5. The standard InChI is InChI=1S/C31H31ClN4O6S/c1-19(2)34-18-21-8-13-28(42-3)25(15-21)31(35-14-4-5-27(35)29(37)38)24-16-22(32)9-12-26(24)36(30(31)39)43(40,41)23-10-6-20(17-33)7-11-23/h6-13,15-16,19,27,34H,4-5,14,18H2,1-3H3,(H,37,38)/t27-,31?/m0/s1. The molecule has 1 fully saturated rings. The van der Waals surface area contributed by atoms with Gasteiger partial charge < -0.3 is 15.2 Å². The average Bonchev–Trinajstić information content (AvgIpc) is 3.57. The third-order valence-electron chi connectivity index (χ3n) is 7.92. The molecule has 43 heavy (non-hydrogen) atoms. The molecule has 5 rings (SSSR count). The molecule has 3 aromatic rings. The first-order valence-electron chi connectivity index (χ1n) is 13.8.